The molecule has 1 atom stereocenters. The van der Waals surface area contributed by atoms with E-state index in [4.69, 9.17) is 14.9 Å². The number of carbonyl (C=O) groups excluding carboxylic acids is 2. The first-order valence-electron chi connectivity index (χ1n) is 12.0. The number of hydrogen-bond donors (Lipinski definition) is 2. The monoisotopic (exact) mass is 530 g/mol. The molecule has 2 heterocycles. The topological polar surface area (TPSA) is 149 Å². The molecule has 0 fully saturated rings. The minimum Gasteiger partial charge on any atom is -0.465 e. The van der Waals surface area contributed by atoms with Crippen molar-refractivity contribution in [2.45, 2.75) is 31.5 Å². The van der Waals surface area contributed by atoms with Crippen molar-refractivity contribution in [1.82, 2.24) is 14.8 Å². The summed E-state index contributed by atoms with van der Waals surface area (Å²) >= 11 is 1.07. The smallest absolute Gasteiger partial charge is 0.316 e. The zero-order chi connectivity index (χ0) is 27.1. The molecule has 0 spiro atoms. The van der Waals surface area contributed by atoms with E-state index < -0.39 is 17.9 Å². The lowest BCUT2D eigenvalue weighted by atomic mass is 9.98. The summed E-state index contributed by atoms with van der Waals surface area (Å²) in [4.78, 5) is 25.4. The van der Waals surface area contributed by atoms with Gasteiger partial charge >= 0.3 is 5.97 Å². The number of nitrogens with zero attached hydrogens (tertiary/aromatic N) is 4. The highest BCUT2D eigenvalue weighted by Crippen LogP contribution is 2.41. The molecule has 0 saturated carbocycles. The zero-order valence-electron chi connectivity index (χ0n) is 20.9. The van der Waals surface area contributed by atoms with E-state index in [9.17, 15) is 14.9 Å². The van der Waals surface area contributed by atoms with E-state index >= 15 is 0 Å². The highest BCUT2D eigenvalue weighted by molar-refractivity contribution is 7.99. The molecule has 2 aromatic carbocycles. The van der Waals surface area contributed by atoms with Gasteiger partial charge in [0.1, 0.15) is 23.4 Å². The van der Waals surface area contributed by atoms with Gasteiger partial charge in [-0.3, -0.25) is 19.5 Å². The maximum atomic E-state index is 13.5. The Morgan fingerprint density at radius 1 is 1.11 bits per heavy atom. The normalized spacial score (nSPS) is 11.5. The Balaban J connectivity index is 1.70. The van der Waals surface area contributed by atoms with Gasteiger partial charge in [0.25, 0.3) is 0 Å². The molecule has 4 rings (SSSR count). The van der Waals surface area contributed by atoms with Crippen molar-refractivity contribution in [1.29, 1.82) is 5.26 Å². The van der Waals surface area contributed by atoms with E-state index in [0.29, 0.717) is 22.9 Å². The summed E-state index contributed by atoms with van der Waals surface area (Å²) in [6, 6.07) is 20.1. The second-order valence-corrected chi connectivity index (χ2v) is 9.01. The Labute approximate surface area is 223 Å². The first kappa shape index (κ1) is 26.5. The fraction of sp³-hybridized carbons (Fsp3) is 0.222. The van der Waals surface area contributed by atoms with Gasteiger partial charge in [0.15, 0.2) is 5.16 Å². The fourth-order valence-electron chi connectivity index (χ4n) is 3.99. The second kappa shape index (κ2) is 12.1. The molecule has 0 radical (unpaired) electrons. The molecule has 0 aliphatic carbocycles. The molecule has 3 N–H and O–H groups in total. The summed E-state index contributed by atoms with van der Waals surface area (Å²) in [5.41, 5.74) is 8.37. The third kappa shape index (κ3) is 5.55. The Hall–Kier alpha value is -4.56. The van der Waals surface area contributed by atoms with E-state index in [0.717, 1.165) is 22.9 Å². The van der Waals surface area contributed by atoms with Gasteiger partial charge in [-0.1, -0.05) is 79.3 Å². The number of nitrogen functional groups attached to an aromatic ring is 1. The van der Waals surface area contributed by atoms with E-state index in [-0.39, 0.29) is 29.8 Å². The van der Waals surface area contributed by atoms with Crippen molar-refractivity contribution >= 4 is 35.5 Å². The minimum absolute atomic E-state index is 0.0122. The predicted octanol–water partition coefficient (Wildman–Crippen LogP) is 4.90. The summed E-state index contributed by atoms with van der Waals surface area (Å²) in [5, 5.41) is 21.1. The average Bonchev–Trinajstić information content (AvgIpc) is 3.49. The lowest BCUT2D eigenvalue weighted by Crippen LogP contribution is -2.27. The first-order valence-corrected chi connectivity index (χ1v) is 12.9. The summed E-state index contributed by atoms with van der Waals surface area (Å²) in [5.74, 6) is -0.386. The van der Waals surface area contributed by atoms with Crippen LogP contribution >= 0.6 is 11.8 Å². The maximum Gasteiger partial charge on any atom is 0.316 e. The highest BCUT2D eigenvalue weighted by atomic mass is 32.2. The van der Waals surface area contributed by atoms with Crippen LogP contribution in [-0.4, -0.2) is 39.0 Å². The lowest BCUT2D eigenvalue weighted by Gasteiger charge is -2.18. The molecule has 2 aromatic heterocycles. The van der Waals surface area contributed by atoms with Crippen molar-refractivity contribution in [2.75, 3.05) is 23.4 Å². The third-order valence-electron chi connectivity index (χ3n) is 5.67. The van der Waals surface area contributed by atoms with Crippen LogP contribution in [-0.2, 0) is 14.3 Å². The quantitative estimate of drug-likeness (QED) is 0.215. The van der Waals surface area contributed by atoms with Crippen molar-refractivity contribution < 1.29 is 18.7 Å². The van der Waals surface area contributed by atoms with Gasteiger partial charge in [0, 0.05) is 11.1 Å². The van der Waals surface area contributed by atoms with Crippen LogP contribution in [0.4, 0.5) is 11.8 Å². The van der Waals surface area contributed by atoms with Crippen LogP contribution in [0, 0.1) is 11.3 Å². The van der Waals surface area contributed by atoms with Gasteiger partial charge in [0.05, 0.1) is 12.4 Å². The van der Waals surface area contributed by atoms with Crippen LogP contribution in [0.2, 0.25) is 0 Å². The lowest BCUT2D eigenvalue weighted by molar-refractivity contribution is -0.139. The number of furan rings is 1. The molecule has 1 amide bonds. The number of rotatable bonds is 10. The number of aromatic nitrogens is 3. The number of thioether (sulfide) groups is 1. The number of anilines is 2. The highest BCUT2D eigenvalue weighted by Gasteiger charge is 2.29. The molecule has 0 bridgehead atoms. The number of benzene rings is 2. The number of ether oxygens (including phenoxy) is 1. The zero-order valence-corrected chi connectivity index (χ0v) is 21.7. The number of esters is 1. The van der Waals surface area contributed by atoms with Crippen molar-refractivity contribution in [3.63, 3.8) is 0 Å². The summed E-state index contributed by atoms with van der Waals surface area (Å²) in [6.45, 7) is 3.78. The van der Waals surface area contributed by atoms with Crippen LogP contribution < -0.4 is 11.1 Å². The molecule has 0 aliphatic rings. The van der Waals surface area contributed by atoms with Crippen LogP contribution in [0.25, 0.3) is 22.5 Å². The van der Waals surface area contributed by atoms with E-state index in [2.05, 4.69) is 21.6 Å². The van der Waals surface area contributed by atoms with E-state index in [1.807, 2.05) is 67.6 Å². The van der Waals surface area contributed by atoms with Crippen molar-refractivity contribution in [3.05, 3.63) is 66.2 Å². The molecule has 11 heteroatoms. The number of nitriles is 1. The van der Waals surface area contributed by atoms with Crippen LogP contribution in [0.1, 0.15) is 31.9 Å². The first-order chi connectivity index (χ1) is 18.5. The van der Waals surface area contributed by atoms with Gasteiger partial charge in [-0.25, -0.2) is 0 Å². The largest absolute Gasteiger partial charge is 0.465 e. The molecular formula is C27H26N6O4S. The Bertz CT molecular complexity index is 1460. The van der Waals surface area contributed by atoms with Crippen LogP contribution in [0.15, 0.2) is 70.2 Å². The second-order valence-electron chi connectivity index (χ2n) is 8.07. The van der Waals surface area contributed by atoms with Crippen LogP contribution in [0.5, 0.6) is 0 Å². The maximum absolute atomic E-state index is 13.5. The Kier molecular flexibility index (Phi) is 8.45. The standard InChI is InChI=1S/C27H26N6O4S/c1-3-20(33-26(29)31-32-27(33)38-16-21(34)36-4-2)24(35)30-25-19(15-28)22(17-11-7-5-8-12-17)23(37-25)18-13-9-6-10-14-18/h5-14,20H,3-4,16H2,1-2H3,(H2,29,31)(H,30,35). The molecule has 10 nitrogen and oxygen atoms in total. The molecule has 4 aromatic rings. The van der Waals surface area contributed by atoms with Crippen molar-refractivity contribution in [3.8, 4) is 28.5 Å². The number of nitrogens with one attached hydrogen (secondary N) is 1. The van der Waals surface area contributed by atoms with Crippen molar-refractivity contribution in [2.24, 2.45) is 0 Å². The SMILES string of the molecule is CCOC(=O)CSc1nnc(N)n1C(CC)C(=O)Nc1oc(-c2ccccc2)c(-c2ccccc2)c1C#N. The number of carbonyl (C=O) groups is 2. The van der Waals surface area contributed by atoms with Gasteiger partial charge in [0.2, 0.25) is 17.7 Å². The minimum atomic E-state index is -0.827. The number of amides is 1. The van der Waals surface area contributed by atoms with Crippen LogP contribution in [0.3, 0.4) is 0 Å². The van der Waals surface area contributed by atoms with Gasteiger partial charge < -0.3 is 14.9 Å². The fourth-order valence-corrected chi connectivity index (χ4v) is 4.77. The van der Waals surface area contributed by atoms with E-state index in [1.54, 1.807) is 6.92 Å². The van der Waals surface area contributed by atoms with Gasteiger partial charge in [-0.15, -0.1) is 10.2 Å². The Morgan fingerprint density at radius 2 is 1.76 bits per heavy atom. The number of hydrogen-bond acceptors (Lipinski definition) is 9. The average molecular weight is 531 g/mol. The molecule has 38 heavy (non-hydrogen) atoms. The summed E-state index contributed by atoms with van der Waals surface area (Å²) < 4.78 is 12.6. The molecule has 0 aliphatic heterocycles. The Morgan fingerprint density at radius 3 is 2.37 bits per heavy atom. The van der Waals surface area contributed by atoms with Gasteiger partial charge in [-0.05, 0) is 18.9 Å². The third-order valence-corrected chi connectivity index (χ3v) is 6.59. The number of nitrogens with two attached hydrogens (primary N) is 1. The summed E-state index contributed by atoms with van der Waals surface area (Å²) in [7, 11) is 0. The predicted molar refractivity (Wildman–Crippen MR) is 144 cm³/mol. The molecule has 0 saturated heterocycles. The molecule has 194 valence electrons. The molecule has 1 unspecified atom stereocenters. The molecular weight excluding hydrogens is 504 g/mol. The van der Waals surface area contributed by atoms with E-state index in [1.165, 1.54) is 4.57 Å². The van der Waals surface area contributed by atoms with Gasteiger partial charge in [-0.2, -0.15) is 5.26 Å². The summed E-state index contributed by atoms with van der Waals surface area (Å²) in [6.07, 6.45) is 0.334.